The molecule has 1 unspecified atom stereocenters. The van der Waals surface area contributed by atoms with E-state index in [0.717, 1.165) is 0 Å². The summed E-state index contributed by atoms with van der Waals surface area (Å²) >= 11 is 0. The first-order chi connectivity index (χ1) is 7.63. The van der Waals surface area contributed by atoms with Crippen LogP contribution in [0.3, 0.4) is 0 Å². The minimum absolute atomic E-state index is 0.00462. The average molecular weight is 223 g/mol. The summed E-state index contributed by atoms with van der Waals surface area (Å²) in [7, 11) is 0. The van der Waals surface area contributed by atoms with Crippen LogP contribution in [-0.4, -0.2) is 30.1 Å². The summed E-state index contributed by atoms with van der Waals surface area (Å²) in [6.45, 7) is 4.91. The van der Waals surface area contributed by atoms with Crippen molar-refractivity contribution in [3.05, 3.63) is 23.9 Å². The average Bonchev–Trinajstić information content (AvgIpc) is 2.26. The Morgan fingerprint density at radius 2 is 2.38 bits per heavy atom. The second-order valence-corrected chi connectivity index (χ2v) is 3.42. The molecule has 3 N–H and O–H groups in total. The third kappa shape index (κ3) is 3.86. The monoisotopic (exact) mass is 223 g/mol. The van der Waals surface area contributed by atoms with Crippen molar-refractivity contribution in [2.75, 3.05) is 18.9 Å². The molecule has 1 amide bonds. The Hall–Kier alpha value is -1.62. The third-order valence-corrected chi connectivity index (χ3v) is 2.00. The number of nitrogens with one attached hydrogen (secondary N) is 1. The van der Waals surface area contributed by atoms with E-state index in [9.17, 15) is 4.79 Å². The molecule has 1 rings (SSSR count). The van der Waals surface area contributed by atoms with E-state index in [0.29, 0.717) is 24.7 Å². The van der Waals surface area contributed by atoms with E-state index < -0.39 is 0 Å². The van der Waals surface area contributed by atoms with Gasteiger partial charge in [0.15, 0.2) is 0 Å². The summed E-state index contributed by atoms with van der Waals surface area (Å²) in [5.41, 5.74) is 5.81. The Morgan fingerprint density at radius 3 is 3.00 bits per heavy atom. The number of carbonyl (C=O) groups is 1. The summed E-state index contributed by atoms with van der Waals surface area (Å²) < 4.78 is 5.29. The molecule has 0 aliphatic rings. The maximum atomic E-state index is 11.6. The molecule has 16 heavy (non-hydrogen) atoms. The molecule has 1 atom stereocenters. The van der Waals surface area contributed by atoms with Gasteiger partial charge in [-0.1, -0.05) is 6.07 Å². The van der Waals surface area contributed by atoms with Gasteiger partial charge in [-0.2, -0.15) is 0 Å². The lowest BCUT2D eigenvalue weighted by molar-refractivity contribution is 0.0693. The number of pyridine rings is 1. The van der Waals surface area contributed by atoms with Crippen molar-refractivity contribution in [3.63, 3.8) is 0 Å². The molecule has 0 aromatic carbocycles. The summed E-state index contributed by atoms with van der Waals surface area (Å²) in [6, 6.07) is 4.96. The Kier molecular flexibility index (Phi) is 4.72. The van der Waals surface area contributed by atoms with Crippen LogP contribution < -0.4 is 11.1 Å². The quantitative estimate of drug-likeness (QED) is 0.774. The standard InChI is InChI=1S/C11H17N3O2/c1-3-16-8(2)7-13-11(15)9-5-4-6-10(12)14-9/h4-6,8H,3,7H2,1-2H3,(H2,12,14)(H,13,15). The van der Waals surface area contributed by atoms with Crippen molar-refractivity contribution in [2.45, 2.75) is 20.0 Å². The number of ether oxygens (including phenoxy) is 1. The summed E-state index contributed by atoms with van der Waals surface area (Å²) in [5, 5.41) is 2.73. The van der Waals surface area contributed by atoms with Crippen LogP contribution in [0.5, 0.6) is 0 Å². The zero-order chi connectivity index (χ0) is 12.0. The fourth-order valence-electron chi connectivity index (χ4n) is 1.25. The largest absolute Gasteiger partial charge is 0.384 e. The molecule has 0 radical (unpaired) electrons. The van der Waals surface area contributed by atoms with Gasteiger partial charge in [-0.25, -0.2) is 4.98 Å². The van der Waals surface area contributed by atoms with Crippen LogP contribution in [0.4, 0.5) is 5.82 Å². The van der Waals surface area contributed by atoms with Crippen LogP contribution in [0.1, 0.15) is 24.3 Å². The van der Waals surface area contributed by atoms with Crippen LogP contribution in [-0.2, 0) is 4.74 Å². The molecule has 1 aromatic heterocycles. The number of carbonyl (C=O) groups excluding carboxylic acids is 1. The Labute approximate surface area is 95.0 Å². The molecule has 0 fully saturated rings. The van der Waals surface area contributed by atoms with Crippen molar-refractivity contribution in [1.29, 1.82) is 0 Å². The van der Waals surface area contributed by atoms with Gasteiger partial charge in [0, 0.05) is 13.2 Å². The number of rotatable bonds is 5. The lowest BCUT2D eigenvalue weighted by Crippen LogP contribution is -2.32. The molecule has 1 aromatic rings. The first-order valence-electron chi connectivity index (χ1n) is 5.25. The van der Waals surface area contributed by atoms with E-state index >= 15 is 0 Å². The molecule has 88 valence electrons. The van der Waals surface area contributed by atoms with E-state index in [4.69, 9.17) is 10.5 Å². The minimum Gasteiger partial charge on any atom is -0.384 e. The SMILES string of the molecule is CCOC(C)CNC(=O)c1cccc(N)n1. The molecule has 5 heteroatoms. The van der Waals surface area contributed by atoms with Gasteiger partial charge in [0.2, 0.25) is 0 Å². The number of nitrogens with zero attached hydrogens (tertiary/aromatic N) is 1. The molecule has 0 aliphatic heterocycles. The Morgan fingerprint density at radius 1 is 1.62 bits per heavy atom. The molecule has 0 aliphatic carbocycles. The number of aromatic nitrogens is 1. The zero-order valence-corrected chi connectivity index (χ0v) is 9.56. The highest BCUT2D eigenvalue weighted by atomic mass is 16.5. The maximum absolute atomic E-state index is 11.6. The van der Waals surface area contributed by atoms with Crippen molar-refractivity contribution >= 4 is 11.7 Å². The summed E-state index contributed by atoms with van der Waals surface area (Å²) in [5.74, 6) is 0.101. The van der Waals surface area contributed by atoms with Gasteiger partial charge in [0.25, 0.3) is 5.91 Å². The van der Waals surface area contributed by atoms with Crippen LogP contribution in [0.2, 0.25) is 0 Å². The highest BCUT2D eigenvalue weighted by Gasteiger charge is 2.08. The van der Waals surface area contributed by atoms with Gasteiger partial charge >= 0.3 is 0 Å². The van der Waals surface area contributed by atoms with E-state index in [1.54, 1.807) is 18.2 Å². The molecule has 0 saturated heterocycles. The highest BCUT2D eigenvalue weighted by molar-refractivity contribution is 5.92. The van der Waals surface area contributed by atoms with E-state index in [2.05, 4.69) is 10.3 Å². The van der Waals surface area contributed by atoms with Gasteiger partial charge in [-0.05, 0) is 26.0 Å². The van der Waals surface area contributed by atoms with Gasteiger partial charge in [-0.3, -0.25) is 4.79 Å². The second-order valence-electron chi connectivity index (χ2n) is 3.42. The van der Waals surface area contributed by atoms with Gasteiger partial charge < -0.3 is 15.8 Å². The number of nitrogen functional groups attached to an aromatic ring is 1. The number of hydrogen-bond donors (Lipinski definition) is 2. The lowest BCUT2D eigenvalue weighted by atomic mass is 10.3. The predicted molar refractivity (Wildman–Crippen MR) is 62.1 cm³/mol. The maximum Gasteiger partial charge on any atom is 0.270 e. The van der Waals surface area contributed by atoms with Crippen molar-refractivity contribution in [2.24, 2.45) is 0 Å². The second kappa shape index (κ2) is 6.07. The number of amides is 1. The van der Waals surface area contributed by atoms with E-state index in [1.807, 2.05) is 13.8 Å². The third-order valence-electron chi connectivity index (χ3n) is 2.00. The molecule has 5 nitrogen and oxygen atoms in total. The molecular formula is C11H17N3O2. The topological polar surface area (TPSA) is 77.2 Å². The summed E-state index contributed by atoms with van der Waals surface area (Å²) in [4.78, 5) is 15.5. The van der Waals surface area contributed by atoms with Crippen molar-refractivity contribution in [3.8, 4) is 0 Å². The molecule has 0 spiro atoms. The lowest BCUT2D eigenvalue weighted by Gasteiger charge is -2.12. The zero-order valence-electron chi connectivity index (χ0n) is 9.56. The molecule has 0 bridgehead atoms. The predicted octanol–water partition coefficient (Wildman–Crippen LogP) is 0.819. The first-order valence-corrected chi connectivity index (χ1v) is 5.25. The minimum atomic E-state index is -0.237. The summed E-state index contributed by atoms with van der Waals surface area (Å²) in [6.07, 6.45) is -0.00462. The molecule has 0 saturated carbocycles. The number of hydrogen-bond acceptors (Lipinski definition) is 4. The van der Waals surface area contributed by atoms with Crippen LogP contribution >= 0.6 is 0 Å². The number of anilines is 1. The van der Waals surface area contributed by atoms with Gasteiger partial charge in [-0.15, -0.1) is 0 Å². The van der Waals surface area contributed by atoms with E-state index in [1.165, 1.54) is 0 Å². The van der Waals surface area contributed by atoms with Gasteiger partial charge in [0.05, 0.1) is 6.10 Å². The van der Waals surface area contributed by atoms with Crippen LogP contribution in [0, 0.1) is 0 Å². The molecular weight excluding hydrogens is 206 g/mol. The smallest absolute Gasteiger partial charge is 0.270 e. The first kappa shape index (κ1) is 12.4. The fourth-order valence-corrected chi connectivity index (χ4v) is 1.25. The normalized spacial score (nSPS) is 12.1. The van der Waals surface area contributed by atoms with Crippen LogP contribution in [0.25, 0.3) is 0 Å². The van der Waals surface area contributed by atoms with Crippen molar-refractivity contribution < 1.29 is 9.53 Å². The number of nitrogens with two attached hydrogens (primary N) is 1. The van der Waals surface area contributed by atoms with E-state index in [-0.39, 0.29) is 12.0 Å². The highest BCUT2D eigenvalue weighted by Crippen LogP contribution is 2.00. The Balaban J connectivity index is 2.47. The van der Waals surface area contributed by atoms with Gasteiger partial charge in [0.1, 0.15) is 11.5 Å². The van der Waals surface area contributed by atoms with Crippen LogP contribution in [0.15, 0.2) is 18.2 Å². The fraction of sp³-hybridized carbons (Fsp3) is 0.455. The van der Waals surface area contributed by atoms with Crippen molar-refractivity contribution in [1.82, 2.24) is 10.3 Å². The molecule has 1 heterocycles. The Bertz CT molecular complexity index is 355.